The second-order valence-electron chi connectivity index (χ2n) is 5.60. The lowest BCUT2D eigenvalue weighted by Crippen LogP contribution is -2.14. The molecule has 0 fully saturated rings. The summed E-state index contributed by atoms with van der Waals surface area (Å²) in [6.07, 6.45) is 2.69. The Morgan fingerprint density at radius 1 is 1.27 bits per heavy atom. The fourth-order valence-corrected chi connectivity index (χ4v) is 2.90. The lowest BCUT2D eigenvalue weighted by molar-refractivity contribution is 0.102. The maximum absolute atomic E-state index is 12.4. The quantitative estimate of drug-likeness (QED) is 0.763. The Morgan fingerprint density at radius 2 is 2.18 bits per heavy atom. The van der Waals surface area contributed by atoms with Crippen molar-refractivity contribution < 1.29 is 4.79 Å². The number of fused-ring (bicyclic) bond motifs is 2. The Morgan fingerprint density at radius 3 is 3.09 bits per heavy atom. The number of aromatic nitrogens is 2. The van der Waals surface area contributed by atoms with E-state index in [1.807, 2.05) is 24.3 Å². The van der Waals surface area contributed by atoms with Crippen LogP contribution in [-0.4, -0.2) is 29.5 Å². The van der Waals surface area contributed by atoms with Gasteiger partial charge in [-0.3, -0.25) is 4.79 Å². The molecule has 1 amide bonds. The summed E-state index contributed by atoms with van der Waals surface area (Å²) < 4.78 is 0. The molecule has 1 aliphatic rings. The van der Waals surface area contributed by atoms with Gasteiger partial charge in [-0.2, -0.15) is 0 Å². The normalized spacial score (nSPS) is 13.4. The Kier molecular flexibility index (Phi) is 2.85. The Hall–Kier alpha value is -2.82. The van der Waals surface area contributed by atoms with Crippen LogP contribution in [0.4, 0.5) is 11.4 Å². The molecule has 5 nitrogen and oxygen atoms in total. The number of hydrogen-bond donors (Lipinski definition) is 2. The number of H-pyrrole nitrogens is 1. The van der Waals surface area contributed by atoms with Gasteiger partial charge in [-0.15, -0.1) is 0 Å². The van der Waals surface area contributed by atoms with Crippen LogP contribution < -0.4 is 10.2 Å². The summed E-state index contributed by atoms with van der Waals surface area (Å²) in [5, 5.41) is 2.97. The van der Waals surface area contributed by atoms with Gasteiger partial charge in [-0.25, -0.2) is 4.98 Å². The zero-order valence-corrected chi connectivity index (χ0v) is 12.3. The van der Waals surface area contributed by atoms with Crippen molar-refractivity contribution in [2.24, 2.45) is 0 Å². The van der Waals surface area contributed by atoms with Crippen molar-refractivity contribution in [2.45, 2.75) is 6.42 Å². The van der Waals surface area contributed by atoms with Crippen LogP contribution in [0.1, 0.15) is 15.9 Å². The van der Waals surface area contributed by atoms with Gasteiger partial charge in [0.05, 0.1) is 17.4 Å². The van der Waals surface area contributed by atoms with E-state index in [9.17, 15) is 4.79 Å². The molecular formula is C17H16N4O. The van der Waals surface area contributed by atoms with E-state index in [1.54, 1.807) is 12.4 Å². The summed E-state index contributed by atoms with van der Waals surface area (Å²) in [6.45, 7) is 1.03. The summed E-state index contributed by atoms with van der Waals surface area (Å²) >= 11 is 0. The highest BCUT2D eigenvalue weighted by atomic mass is 16.1. The van der Waals surface area contributed by atoms with E-state index >= 15 is 0 Å². The van der Waals surface area contributed by atoms with E-state index in [-0.39, 0.29) is 5.91 Å². The van der Waals surface area contributed by atoms with Gasteiger partial charge in [0.25, 0.3) is 5.91 Å². The molecule has 0 saturated carbocycles. The SMILES string of the molecule is CN1CCc2ccc(NC(=O)c3ccc4nc[nH]c4c3)cc21. The van der Waals surface area contributed by atoms with Crippen LogP contribution in [0.2, 0.25) is 0 Å². The first-order valence-electron chi connectivity index (χ1n) is 7.29. The fraction of sp³-hybridized carbons (Fsp3) is 0.176. The lowest BCUT2D eigenvalue weighted by Gasteiger charge is -2.13. The number of carbonyl (C=O) groups excluding carboxylic acids is 1. The fourth-order valence-electron chi connectivity index (χ4n) is 2.90. The lowest BCUT2D eigenvalue weighted by atomic mass is 10.1. The van der Waals surface area contributed by atoms with Crippen molar-refractivity contribution in [2.75, 3.05) is 23.8 Å². The minimum Gasteiger partial charge on any atom is -0.374 e. The zero-order valence-electron chi connectivity index (χ0n) is 12.3. The van der Waals surface area contributed by atoms with Crippen LogP contribution in [0.5, 0.6) is 0 Å². The first kappa shape index (κ1) is 12.9. The highest BCUT2D eigenvalue weighted by Gasteiger charge is 2.16. The number of nitrogens with zero attached hydrogens (tertiary/aromatic N) is 2. The first-order valence-corrected chi connectivity index (χ1v) is 7.29. The number of imidazole rings is 1. The van der Waals surface area contributed by atoms with Gasteiger partial charge >= 0.3 is 0 Å². The Balaban J connectivity index is 1.60. The molecule has 0 atom stereocenters. The van der Waals surface area contributed by atoms with Gasteiger partial charge in [0.15, 0.2) is 0 Å². The van der Waals surface area contributed by atoms with Crippen molar-refractivity contribution in [1.82, 2.24) is 9.97 Å². The molecule has 22 heavy (non-hydrogen) atoms. The highest BCUT2D eigenvalue weighted by Crippen LogP contribution is 2.29. The van der Waals surface area contributed by atoms with E-state index in [4.69, 9.17) is 0 Å². The molecule has 0 unspecified atom stereocenters. The second kappa shape index (κ2) is 4.87. The molecule has 2 N–H and O–H groups in total. The van der Waals surface area contributed by atoms with E-state index in [0.29, 0.717) is 5.56 Å². The van der Waals surface area contributed by atoms with Crippen LogP contribution in [0, 0.1) is 0 Å². The molecule has 0 bridgehead atoms. The monoisotopic (exact) mass is 292 g/mol. The summed E-state index contributed by atoms with van der Waals surface area (Å²) in [5.41, 5.74) is 5.69. The average molecular weight is 292 g/mol. The third-order valence-corrected chi connectivity index (χ3v) is 4.15. The molecule has 110 valence electrons. The molecule has 0 spiro atoms. The number of amides is 1. The minimum absolute atomic E-state index is 0.114. The molecule has 2 aromatic carbocycles. The number of nitrogens with one attached hydrogen (secondary N) is 2. The zero-order chi connectivity index (χ0) is 15.1. The average Bonchev–Trinajstić information content (AvgIpc) is 3.13. The minimum atomic E-state index is -0.114. The van der Waals surface area contributed by atoms with Crippen LogP contribution in [0.3, 0.4) is 0 Å². The summed E-state index contributed by atoms with van der Waals surface area (Å²) in [5.74, 6) is -0.114. The molecule has 0 aliphatic carbocycles. The number of benzene rings is 2. The third-order valence-electron chi connectivity index (χ3n) is 4.15. The first-order chi connectivity index (χ1) is 10.7. The van der Waals surface area contributed by atoms with Gasteiger partial charge in [0, 0.05) is 30.5 Å². The standard InChI is InChI=1S/C17H16N4O/c1-21-7-6-11-2-4-13(9-16(11)21)20-17(22)12-3-5-14-15(8-12)19-10-18-14/h2-5,8-10H,6-7H2,1H3,(H,18,19)(H,20,22). The van der Waals surface area contributed by atoms with E-state index in [1.165, 1.54) is 11.3 Å². The number of hydrogen-bond acceptors (Lipinski definition) is 3. The molecule has 1 aliphatic heterocycles. The van der Waals surface area contributed by atoms with Crippen LogP contribution in [0.25, 0.3) is 11.0 Å². The second-order valence-corrected chi connectivity index (χ2v) is 5.60. The van der Waals surface area contributed by atoms with Crippen LogP contribution >= 0.6 is 0 Å². The summed E-state index contributed by atoms with van der Waals surface area (Å²) in [4.78, 5) is 21.8. The van der Waals surface area contributed by atoms with Crippen molar-refractivity contribution in [3.63, 3.8) is 0 Å². The molecule has 1 aromatic heterocycles. The van der Waals surface area contributed by atoms with Crippen molar-refractivity contribution in [1.29, 1.82) is 0 Å². The molecule has 3 aromatic rings. The Labute approximate surface area is 128 Å². The van der Waals surface area contributed by atoms with Crippen LogP contribution in [0.15, 0.2) is 42.7 Å². The molecule has 0 saturated heterocycles. The number of likely N-dealkylation sites (N-methyl/N-ethyl adjacent to an activating group) is 1. The maximum atomic E-state index is 12.4. The van der Waals surface area contributed by atoms with Gasteiger partial charge < -0.3 is 15.2 Å². The Bertz CT molecular complexity index is 868. The topological polar surface area (TPSA) is 61.0 Å². The predicted molar refractivity (Wildman–Crippen MR) is 87.5 cm³/mol. The van der Waals surface area contributed by atoms with Crippen LogP contribution in [-0.2, 0) is 6.42 Å². The molecule has 0 radical (unpaired) electrons. The van der Waals surface area contributed by atoms with Gasteiger partial charge in [0.2, 0.25) is 0 Å². The largest absolute Gasteiger partial charge is 0.374 e. The van der Waals surface area contributed by atoms with Gasteiger partial charge in [0.1, 0.15) is 0 Å². The van der Waals surface area contributed by atoms with Gasteiger partial charge in [-0.1, -0.05) is 6.07 Å². The number of anilines is 2. The highest BCUT2D eigenvalue weighted by molar-refractivity contribution is 6.06. The van der Waals surface area contributed by atoms with Crippen molar-refractivity contribution >= 4 is 28.3 Å². The number of rotatable bonds is 2. The summed E-state index contributed by atoms with van der Waals surface area (Å²) in [7, 11) is 2.07. The van der Waals surface area contributed by atoms with Crippen molar-refractivity contribution in [3.8, 4) is 0 Å². The molecule has 5 heteroatoms. The molecular weight excluding hydrogens is 276 g/mol. The third kappa shape index (κ3) is 2.11. The van der Waals surface area contributed by atoms with E-state index < -0.39 is 0 Å². The van der Waals surface area contributed by atoms with E-state index in [0.717, 1.165) is 29.7 Å². The summed E-state index contributed by atoms with van der Waals surface area (Å²) in [6, 6.07) is 11.5. The van der Waals surface area contributed by atoms with Gasteiger partial charge in [-0.05, 0) is 42.3 Å². The van der Waals surface area contributed by atoms with E-state index in [2.05, 4.69) is 33.3 Å². The van der Waals surface area contributed by atoms with Crippen molar-refractivity contribution in [3.05, 3.63) is 53.9 Å². The molecule has 2 heterocycles. The molecule has 4 rings (SSSR count). The number of aromatic amines is 1. The predicted octanol–water partition coefficient (Wildman–Crippen LogP) is 2.81. The number of carbonyl (C=O) groups is 1. The smallest absolute Gasteiger partial charge is 0.255 e. The maximum Gasteiger partial charge on any atom is 0.255 e.